The van der Waals surface area contributed by atoms with Gasteiger partial charge < -0.3 is 14.2 Å². The average molecular weight is 494 g/mol. The molecule has 0 unspecified atom stereocenters. The third-order valence-corrected chi connectivity index (χ3v) is 6.23. The average Bonchev–Trinajstić information content (AvgIpc) is 2.80. The molecule has 31 heavy (non-hydrogen) atoms. The monoisotopic (exact) mass is 492 g/mol. The van der Waals surface area contributed by atoms with Gasteiger partial charge in [0, 0.05) is 22.2 Å². The highest BCUT2D eigenvalue weighted by atomic mass is 79.9. The fourth-order valence-electron chi connectivity index (χ4n) is 3.85. The number of benzene rings is 2. The van der Waals surface area contributed by atoms with Crippen molar-refractivity contribution in [3.8, 4) is 17.2 Å². The summed E-state index contributed by atoms with van der Waals surface area (Å²) >= 11 is 3.50. The number of methoxy groups -OCH3 is 1. The van der Waals surface area contributed by atoms with Gasteiger partial charge in [0.25, 0.3) is 0 Å². The van der Waals surface area contributed by atoms with Crippen molar-refractivity contribution in [2.24, 2.45) is 0 Å². The highest BCUT2D eigenvalue weighted by Gasteiger charge is 2.15. The van der Waals surface area contributed by atoms with Gasteiger partial charge in [-0.05, 0) is 19.3 Å². The van der Waals surface area contributed by atoms with Crippen molar-refractivity contribution in [3.05, 3.63) is 30.3 Å². The number of hydrogen-bond donors (Lipinski definition) is 0. The molecule has 0 atom stereocenters. The van der Waals surface area contributed by atoms with Crippen LogP contribution in [0.2, 0.25) is 0 Å². The van der Waals surface area contributed by atoms with E-state index in [0.717, 1.165) is 59.4 Å². The van der Waals surface area contributed by atoms with E-state index in [9.17, 15) is 0 Å². The van der Waals surface area contributed by atoms with Gasteiger partial charge in [0.2, 0.25) is 0 Å². The Bertz CT molecular complexity index is 732. The molecule has 0 radical (unpaired) electrons. The van der Waals surface area contributed by atoms with Gasteiger partial charge >= 0.3 is 0 Å². The zero-order valence-corrected chi connectivity index (χ0v) is 21.2. The van der Waals surface area contributed by atoms with Crippen LogP contribution in [0.3, 0.4) is 0 Å². The molecule has 174 valence electrons. The largest absolute Gasteiger partial charge is 0.493 e. The minimum Gasteiger partial charge on any atom is -0.493 e. The standard InChI is InChI=1S/C27H41BrO3/c1-3-4-5-6-10-16-21-31-27-24-18-13-12-17-23(24)25(22-26(27)29-2)30-20-15-11-8-7-9-14-19-28/h12-13,17-18,22H,3-11,14-16,19-21H2,1-2H3. The molecule has 2 aromatic rings. The Kier molecular flexibility index (Phi) is 13.5. The second-order valence-corrected chi connectivity index (χ2v) is 9.02. The topological polar surface area (TPSA) is 27.7 Å². The Morgan fingerprint density at radius 1 is 0.677 bits per heavy atom. The second kappa shape index (κ2) is 16.2. The Balaban J connectivity index is 1.92. The molecule has 0 aliphatic carbocycles. The molecule has 2 rings (SSSR count). The number of rotatable bonds is 18. The molecule has 0 heterocycles. The van der Waals surface area contributed by atoms with Crippen LogP contribution in [0, 0.1) is 0 Å². The zero-order valence-electron chi connectivity index (χ0n) is 19.6. The third kappa shape index (κ3) is 9.31. The molecule has 0 N–H and O–H groups in total. The number of hydrogen-bond acceptors (Lipinski definition) is 3. The summed E-state index contributed by atoms with van der Waals surface area (Å²) in [7, 11) is 1.71. The minimum atomic E-state index is 0.724. The lowest BCUT2D eigenvalue weighted by atomic mass is 10.1. The van der Waals surface area contributed by atoms with E-state index in [1.165, 1.54) is 64.2 Å². The summed E-state index contributed by atoms with van der Waals surface area (Å²) in [4.78, 5) is 0. The minimum absolute atomic E-state index is 0.724. The van der Waals surface area contributed by atoms with Gasteiger partial charge in [0.15, 0.2) is 11.5 Å². The molecule has 0 saturated heterocycles. The van der Waals surface area contributed by atoms with Crippen molar-refractivity contribution in [1.82, 2.24) is 0 Å². The first kappa shape index (κ1) is 25.8. The molecule has 0 spiro atoms. The van der Waals surface area contributed by atoms with Crippen molar-refractivity contribution < 1.29 is 14.2 Å². The molecular weight excluding hydrogens is 452 g/mol. The van der Waals surface area contributed by atoms with Crippen molar-refractivity contribution >= 4 is 26.7 Å². The van der Waals surface area contributed by atoms with Crippen molar-refractivity contribution in [3.63, 3.8) is 0 Å². The number of unbranched alkanes of at least 4 members (excludes halogenated alkanes) is 10. The smallest absolute Gasteiger partial charge is 0.169 e. The molecule has 3 nitrogen and oxygen atoms in total. The van der Waals surface area contributed by atoms with Gasteiger partial charge in [-0.1, -0.05) is 105 Å². The van der Waals surface area contributed by atoms with E-state index in [-0.39, 0.29) is 0 Å². The summed E-state index contributed by atoms with van der Waals surface area (Å²) in [6, 6.07) is 10.3. The highest BCUT2D eigenvalue weighted by Crippen LogP contribution is 2.41. The lowest BCUT2D eigenvalue weighted by Gasteiger charge is -2.17. The van der Waals surface area contributed by atoms with E-state index in [4.69, 9.17) is 14.2 Å². The number of alkyl halides is 1. The molecule has 0 bridgehead atoms. The maximum atomic E-state index is 6.21. The summed E-state index contributed by atoms with van der Waals surface area (Å²) < 4.78 is 18.1. The number of halogens is 1. The van der Waals surface area contributed by atoms with E-state index in [1.54, 1.807) is 7.11 Å². The van der Waals surface area contributed by atoms with Crippen LogP contribution in [-0.2, 0) is 0 Å². The van der Waals surface area contributed by atoms with E-state index in [2.05, 4.69) is 47.1 Å². The van der Waals surface area contributed by atoms with Gasteiger partial charge in [-0.15, -0.1) is 0 Å². The molecule has 4 heteroatoms. The maximum Gasteiger partial charge on any atom is 0.169 e. The predicted molar refractivity (Wildman–Crippen MR) is 136 cm³/mol. The van der Waals surface area contributed by atoms with Crippen LogP contribution in [-0.4, -0.2) is 25.7 Å². The molecule has 0 aliphatic heterocycles. The quantitative estimate of drug-likeness (QED) is 0.154. The molecule has 0 aliphatic rings. The normalized spacial score (nSPS) is 11.1. The van der Waals surface area contributed by atoms with E-state index in [0.29, 0.717) is 0 Å². The Labute approximate surface area is 198 Å². The molecule has 0 amide bonds. The van der Waals surface area contributed by atoms with E-state index < -0.39 is 0 Å². The van der Waals surface area contributed by atoms with Gasteiger partial charge in [-0.3, -0.25) is 0 Å². The lowest BCUT2D eigenvalue weighted by molar-refractivity contribution is 0.283. The molecule has 0 saturated carbocycles. The Morgan fingerprint density at radius 3 is 1.90 bits per heavy atom. The van der Waals surface area contributed by atoms with Crippen LogP contribution in [0.5, 0.6) is 17.2 Å². The molecule has 2 aromatic carbocycles. The summed E-state index contributed by atoms with van der Waals surface area (Å²) in [6.07, 6.45) is 15.0. The molecular formula is C27H41BrO3. The third-order valence-electron chi connectivity index (χ3n) is 5.67. The molecule has 0 fully saturated rings. The molecule has 0 aromatic heterocycles. The Morgan fingerprint density at radius 2 is 1.26 bits per heavy atom. The first-order chi connectivity index (χ1) is 15.3. The van der Waals surface area contributed by atoms with E-state index in [1.807, 2.05) is 6.07 Å². The maximum absolute atomic E-state index is 6.21. The van der Waals surface area contributed by atoms with Crippen LogP contribution >= 0.6 is 15.9 Å². The second-order valence-electron chi connectivity index (χ2n) is 8.23. The van der Waals surface area contributed by atoms with Gasteiger partial charge in [-0.2, -0.15) is 0 Å². The zero-order chi connectivity index (χ0) is 22.2. The van der Waals surface area contributed by atoms with Gasteiger partial charge in [-0.25, -0.2) is 0 Å². The van der Waals surface area contributed by atoms with Gasteiger partial charge in [0.05, 0.1) is 20.3 Å². The van der Waals surface area contributed by atoms with Crippen molar-refractivity contribution in [2.45, 2.75) is 84.0 Å². The van der Waals surface area contributed by atoms with Crippen molar-refractivity contribution in [2.75, 3.05) is 25.7 Å². The summed E-state index contributed by atoms with van der Waals surface area (Å²) in [5.74, 6) is 2.49. The number of ether oxygens (including phenoxy) is 3. The SMILES string of the molecule is CCCCCCCCOc1c(OC)cc(OCCCCCCCCBr)c2ccccc12. The summed E-state index contributed by atoms with van der Waals surface area (Å²) in [6.45, 7) is 3.71. The fraction of sp³-hybridized carbons (Fsp3) is 0.630. The Hall–Kier alpha value is -1.42. The summed E-state index contributed by atoms with van der Waals surface area (Å²) in [5.41, 5.74) is 0. The van der Waals surface area contributed by atoms with Crippen LogP contribution in [0.1, 0.15) is 84.0 Å². The van der Waals surface area contributed by atoms with Crippen LogP contribution < -0.4 is 14.2 Å². The van der Waals surface area contributed by atoms with Gasteiger partial charge in [0.1, 0.15) is 5.75 Å². The first-order valence-electron chi connectivity index (χ1n) is 12.2. The van der Waals surface area contributed by atoms with E-state index >= 15 is 0 Å². The highest BCUT2D eigenvalue weighted by molar-refractivity contribution is 9.09. The predicted octanol–water partition coefficient (Wildman–Crippen LogP) is 8.70. The van der Waals surface area contributed by atoms with Crippen LogP contribution in [0.25, 0.3) is 10.8 Å². The fourth-order valence-corrected chi connectivity index (χ4v) is 4.25. The summed E-state index contributed by atoms with van der Waals surface area (Å²) in [5, 5.41) is 3.28. The van der Waals surface area contributed by atoms with Crippen LogP contribution in [0.4, 0.5) is 0 Å². The first-order valence-corrected chi connectivity index (χ1v) is 13.3. The van der Waals surface area contributed by atoms with Crippen molar-refractivity contribution in [1.29, 1.82) is 0 Å². The lowest BCUT2D eigenvalue weighted by Crippen LogP contribution is -2.03. The number of fused-ring (bicyclic) bond motifs is 1. The van der Waals surface area contributed by atoms with Crippen LogP contribution in [0.15, 0.2) is 30.3 Å².